The quantitative estimate of drug-likeness (QED) is 0.903. The number of aromatic carboxylic acids is 1. The van der Waals surface area contributed by atoms with Gasteiger partial charge in [0, 0.05) is 32.0 Å². The van der Waals surface area contributed by atoms with Crippen molar-refractivity contribution < 1.29 is 19.1 Å². The van der Waals surface area contributed by atoms with Crippen LogP contribution in [0.15, 0.2) is 18.2 Å². The van der Waals surface area contributed by atoms with Crippen LogP contribution in [0, 0.1) is 5.92 Å². The Morgan fingerprint density at radius 2 is 2.18 bits per heavy atom. The van der Waals surface area contributed by atoms with Gasteiger partial charge in [0.15, 0.2) is 5.67 Å². The van der Waals surface area contributed by atoms with E-state index >= 15 is 4.39 Å². The minimum atomic E-state index is -1.85. The van der Waals surface area contributed by atoms with Gasteiger partial charge in [-0.25, -0.2) is 9.18 Å². The molecule has 2 heterocycles. The number of carbonyl (C=O) groups excluding carboxylic acids is 1. The highest BCUT2D eigenvalue weighted by Crippen LogP contribution is 2.42. The number of alkyl halides is 1. The second-order valence-electron chi connectivity index (χ2n) is 5.96. The third-order valence-corrected chi connectivity index (χ3v) is 4.83. The fraction of sp³-hybridized carbons (Fsp3) is 0.467. The topological polar surface area (TPSA) is 60.9 Å². The average Bonchev–Trinajstić information content (AvgIpc) is 2.71. The summed E-state index contributed by atoms with van der Waals surface area (Å²) in [7, 11) is 1.90. The maximum atomic E-state index is 15.0. The van der Waals surface area contributed by atoms with E-state index in [1.54, 1.807) is 0 Å². The van der Waals surface area contributed by atoms with Gasteiger partial charge in [-0.3, -0.25) is 4.79 Å². The Bertz CT molecular complexity index is 654. The number of hydrogen-bond donors (Lipinski definition) is 1. The minimum absolute atomic E-state index is 0.0347. The third-order valence-electron chi connectivity index (χ3n) is 4.53. The van der Waals surface area contributed by atoms with Crippen LogP contribution < -0.4 is 4.90 Å². The highest BCUT2D eigenvalue weighted by Gasteiger charge is 2.57. The Labute approximate surface area is 132 Å². The smallest absolute Gasteiger partial charge is 0.335 e. The summed E-state index contributed by atoms with van der Waals surface area (Å²) >= 11 is 6.10. The Kier molecular flexibility index (Phi) is 3.61. The van der Waals surface area contributed by atoms with Crippen LogP contribution in [0.2, 0.25) is 5.02 Å². The van der Waals surface area contributed by atoms with Crippen molar-refractivity contribution in [3.8, 4) is 0 Å². The number of fused-ring (bicyclic) bond motifs is 1. The van der Waals surface area contributed by atoms with E-state index in [2.05, 4.69) is 0 Å². The number of nitrogens with zero attached hydrogens (tertiary/aromatic N) is 2. The van der Waals surface area contributed by atoms with Gasteiger partial charge in [-0.05, 0) is 25.2 Å². The van der Waals surface area contributed by atoms with Crippen LogP contribution in [0.1, 0.15) is 16.8 Å². The molecule has 1 N–H and O–H groups in total. The Balaban J connectivity index is 1.93. The van der Waals surface area contributed by atoms with Crippen molar-refractivity contribution in [1.29, 1.82) is 0 Å². The molecule has 2 aliphatic rings. The van der Waals surface area contributed by atoms with Crippen LogP contribution in [-0.2, 0) is 4.79 Å². The number of amides is 1. The van der Waals surface area contributed by atoms with Gasteiger partial charge in [-0.15, -0.1) is 0 Å². The largest absolute Gasteiger partial charge is 0.478 e. The van der Waals surface area contributed by atoms with Gasteiger partial charge in [-0.2, -0.15) is 0 Å². The van der Waals surface area contributed by atoms with Crippen molar-refractivity contribution in [2.24, 2.45) is 5.92 Å². The number of carboxylic acids is 1. The van der Waals surface area contributed by atoms with E-state index in [4.69, 9.17) is 16.7 Å². The Hall–Kier alpha value is -1.66. The van der Waals surface area contributed by atoms with Crippen molar-refractivity contribution in [2.45, 2.75) is 12.1 Å². The van der Waals surface area contributed by atoms with E-state index in [9.17, 15) is 9.59 Å². The molecule has 22 heavy (non-hydrogen) atoms. The fourth-order valence-corrected chi connectivity index (χ4v) is 3.53. The minimum Gasteiger partial charge on any atom is -0.478 e. The summed E-state index contributed by atoms with van der Waals surface area (Å²) < 4.78 is 15.0. The molecular formula is C15H16ClFN2O3. The highest BCUT2D eigenvalue weighted by molar-refractivity contribution is 6.34. The van der Waals surface area contributed by atoms with Gasteiger partial charge in [-0.1, -0.05) is 11.6 Å². The van der Waals surface area contributed by atoms with Crippen molar-refractivity contribution >= 4 is 29.2 Å². The molecule has 0 radical (unpaired) electrons. The number of carboxylic acid groups (broad SMARTS) is 1. The van der Waals surface area contributed by atoms with E-state index < -0.39 is 23.5 Å². The summed E-state index contributed by atoms with van der Waals surface area (Å²) in [6.07, 6.45) is 0.175. The van der Waals surface area contributed by atoms with Crippen molar-refractivity contribution in [3.05, 3.63) is 28.8 Å². The van der Waals surface area contributed by atoms with Gasteiger partial charge in [0.25, 0.3) is 5.91 Å². The summed E-state index contributed by atoms with van der Waals surface area (Å²) in [5.74, 6) is -2.07. The van der Waals surface area contributed by atoms with Crippen LogP contribution in [0.25, 0.3) is 0 Å². The van der Waals surface area contributed by atoms with Crippen molar-refractivity contribution in [3.63, 3.8) is 0 Å². The maximum Gasteiger partial charge on any atom is 0.335 e. The number of anilines is 1. The molecular weight excluding hydrogens is 311 g/mol. The maximum absolute atomic E-state index is 15.0. The van der Waals surface area contributed by atoms with Crippen molar-refractivity contribution in [2.75, 3.05) is 31.6 Å². The van der Waals surface area contributed by atoms with Gasteiger partial charge in [0.05, 0.1) is 16.3 Å². The number of benzene rings is 1. The number of piperidine rings is 1. The van der Waals surface area contributed by atoms with E-state index in [1.807, 2.05) is 11.9 Å². The molecule has 7 heteroatoms. The highest BCUT2D eigenvalue weighted by atomic mass is 35.5. The lowest BCUT2D eigenvalue weighted by atomic mass is 9.85. The summed E-state index contributed by atoms with van der Waals surface area (Å²) in [6, 6.07) is 4.12. The number of halogens is 2. The van der Waals surface area contributed by atoms with Gasteiger partial charge in [0.1, 0.15) is 0 Å². The molecule has 2 atom stereocenters. The molecule has 1 aromatic rings. The first-order valence-corrected chi connectivity index (χ1v) is 7.43. The lowest BCUT2D eigenvalue weighted by Crippen LogP contribution is -2.49. The van der Waals surface area contributed by atoms with E-state index in [1.165, 1.54) is 23.1 Å². The van der Waals surface area contributed by atoms with Gasteiger partial charge in [0.2, 0.25) is 0 Å². The van der Waals surface area contributed by atoms with E-state index in [-0.39, 0.29) is 23.6 Å². The molecule has 1 amide bonds. The molecule has 2 aliphatic heterocycles. The molecule has 3 rings (SSSR count). The zero-order valence-corrected chi connectivity index (χ0v) is 12.8. The van der Waals surface area contributed by atoms with Crippen LogP contribution in [0.5, 0.6) is 0 Å². The summed E-state index contributed by atoms with van der Waals surface area (Å²) in [6.45, 7) is 1.31. The number of hydrogen-bond acceptors (Lipinski definition) is 3. The monoisotopic (exact) mass is 326 g/mol. The molecule has 0 unspecified atom stereocenters. The SMILES string of the molecule is CN1CC[C@]2(F)C(=O)N(c3ccc(C(=O)O)cc3Cl)C[C@@H]2C1. The fourth-order valence-electron chi connectivity index (χ4n) is 3.25. The van der Waals surface area contributed by atoms with Crippen LogP contribution in [0.3, 0.4) is 0 Å². The standard InChI is InChI=1S/C15H16ClFN2O3/c1-18-5-4-15(17)10(7-18)8-19(14(15)22)12-3-2-9(13(20)21)6-11(12)16/h2-3,6,10H,4-5,7-8H2,1H3,(H,20,21)/t10-,15+/m0/s1. The lowest BCUT2D eigenvalue weighted by molar-refractivity contribution is -0.131. The van der Waals surface area contributed by atoms with Gasteiger partial charge >= 0.3 is 5.97 Å². The predicted octanol–water partition coefficient (Wildman–Crippen LogP) is 2.04. The third kappa shape index (κ3) is 2.27. The molecule has 1 aromatic carbocycles. The number of rotatable bonds is 2. The van der Waals surface area contributed by atoms with Crippen LogP contribution in [-0.4, -0.2) is 54.2 Å². The van der Waals surface area contributed by atoms with Crippen molar-refractivity contribution in [1.82, 2.24) is 4.90 Å². The summed E-state index contributed by atoms with van der Waals surface area (Å²) in [5.41, 5.74) is -1.44. The average molecular weight is 327 g/mol. The van der Waals surface area contributed by atoms with Crippen LogP contribution >= 0.6 is 11.6 Å². The summed E-state index contributed by atoms with van der Waals surface area (Å²) in [4.78, 5) is 26.8. The molecule has 2 fully saturated rings. The predicted molar refractivity (Wildman–Crippen MR) is 80.2 cm³/mol. The molecule has 0 spiro atoms. The molecule has 0 saturated carbocycles. The second kappa shape index (κ2) is 5.21. The lowest BCUT2D eigenvalue weighted by Gasteiger charge is -2.34. The first-order valence-electron chi connectivity index (χ1n) is 7.05. The first-order chi connectivity index (χ1) is 10.3. The second-order valence-corrected chi connectivity index (χ2v) is 6.37. The Morgan fingerprint density at radius 3 is 2.82 bits per heavy atom. The molecule has 118 valence electrons. The number of likely N-dealkylation sites (tertiary alicyclic amines) is 1. The first kappa shape index (κ1) is 15.2. The molecule has 0 bridgehead atoms. The zero-order chi connectivity index (χ0) is 16.1. The Morgan fingerprint density at radius 1 is 1.45 bits per heavy atom. The molecule has 2 saturated heterocycles. The molecule has 0 aliphatic carbocycles. The zero-order valence-electron chi connectivity index (χ0n) is 12.1. The molecule has 0 aromatic heterocycles. The van der Waals surface area contributed by atoms with Crippen LogP contribution in [0.4, 0.5) is 10.1 Å². The normalized spacial score (nSPS) is 28.8. The van der Waals surface area contributed by atoms with E-state index in [0.717, 1.165) is 0 Å². The number of carbonyl (C=O) groups is 2. The van der Waals surface area contributed by atoms with E-state index in [0.29, 0.717) is 18.8 Å². The molecule has 5 nitrogen and oxygen atoms in total. The van der Waals surface area contributed by atoms with Gasteiger partial charge < -0.3 is 14.9 Å². The summed E-state index contributed by atoms with van der Waals surface area (Å²) in [5, 5.41) is 9.09.